The molecule has 19 heavy (non-hydrogen) atoms. The highest BCUT2D eigenvalue weighted by molar-refractivity contribution is 5.65. The van der Waals surface area contributed by atoms with E-state index in [1.165, 1.54) is 12.1 Å². The molecule has 7 nitrogen and oxygen atoms in total. The number of nitrogens with two attached hydrogens (primary N) is 1. The van der Waals surface area contributed by atoms with E-state index in [0.717, 1.165) is 11.1 Å². The molecule has 0 saturated carbocycles. The Balaban J connectivity index is 2.16. The van der Waals surface area contributed by atoms with Gasteiger partial charge in [0.05, 0.1) is 16.6 Å². The molecule has 94 valence electrons. The summed E-state index contributed by atoms with van der Waals surface area (Å²) in [5.41, 5.74) is 7.42. The van der Waals surface area contributed by atoms with Crippen LogP contribution in [0.3, 0.4) is 0 Å². The third-order valence-electron chi connectivity index (χ3n) is 2.81. The average molecular weight is 255 g/mol. The summed E-state index contributed by atoms with van der Waals surface area (Å²) in [6, 6.07) is 7.93. The van der Waals surface area contributed by atoms with Crippen LogP contribution < -0.4 is 5.73 Å². The van der Waals surface area contributed by atoms with Crippen molar-refractivity contribution in [1.29, 1.82) is 0 Å². The van der Waals surface area contributed by atoms with Crippen molar-refractivity contribution in [3.63, 3.8) is 0 Å². The number of anilines is 1. The van der Waals surface area contributed by atoms with Gasteiger partial charge in [-0.2, -0.15) is 0 Å². The lowest BCUT2D eigenvalue weighted by atomic mass is 10.2. The first-order valence-corrected chi connectivity index (χ1v) is 5.49. The number of aromatic nitrogens is 3. The SMILES string of the molecule is Nc1nccc2cnc(-c3ccc([N+](=O)[O-])cc3)n12. The summed E-state index contributed by atoms with van der Waals surface area (Å²) in [5.74, 6) is 0.929. The maximum absolute atomic E-state index is 10.6. The number of imidazole rings is 1. The molecule has 3 rings (SSSR count). The van der Waals surface area contributed by atoms with Crippen LogP contribution in [0.5, 0.6) is 0 Å². The van der Waals surface area contributed by atoms with Crippen molar-refractivity contribution in [2.24, 2.45) is 0 Å². The second-order valence-electron chi connectivity index (χ2n) is 3.95. The van der Waals surface area contributed by atoms with Crippen LogP contribution in [-0.4, -0.2) is 19.3 Å². The predicted molar refractivity (Wildman–Crippen MR) is 69.5 cm³/mol. The van der Waals surface area contributed by atoms with Gasteiger partial charge in [-0.1, -0.05) is 0 Å². The number of benzene rings is 1. The lowest BCUT2D eigenvalue weighted by Crippen LogP contribution is -2.01. The van der Waals surface area contributed by atoms with Gasteiger partial charge in [-0.3, -0.25) is 14.5 Å². The highest BCUT2D eigenvalue weighted by Crippen LogP contribution is 2.23. The second kappa shape index (κ2) is 4.05. The maximum Gasteiger partial charge on any atom is 0.269 e. The van der Waals surface area contributed by atoms with Crippen molar-refractivity contribution in [3.8, 4) is 11.4 Å². The molecule has 0 aliphatic heterocycles. The zero-order valence-electron chi connectivity index (χ0n) is 9.72. The number of non-ortho nitro benzene ring substituents is 1. The molecule has 1 aromatic carbocycles. The number of fused-ring (bicyclic) bond motifs is 1. The Hall–Kier alpha value is -2.96. The molecule has 0 aliphatic carbocycles. The normalized spacial score (nSPS) is 10.7. The Morgan fingerprint density at radius 3 is 2.58 bits per heavy atom. The molecule has 0 spiro atoms. The summed E-state index contributed by atoms with van der Waals surface area (Å²) >= 11 is 0. The number of nitro benzene ring substituents is 1. The van der Waals surface area contributed by atoms with Crippen LogP contribution >= 0.6 is 0 Å². The fraction of sp³-hybridized carbons (Fsp3) is 0. The third-order valence-corrected chi connectivity index (χ3v) is 2.81. The molecule has 0 aliphatic rings. The molecule has 3 aromatic rings. The minimum atomic E-state index is -0.441. The lowest BCUT2D eigenvalue weighted by Gasteiger charge is -2.03. The molecule has 2 aromatic heterocycles. The van der Waals surface area contributed by atoms with Crippen LogP contribution in [0.2, 0.25) is 0 Å². The Kier molecular flexibility index (Phi) is 2.38. The average Bonchev–Trinajstić information content (AvgIpc) is 2.84. The van der Waals surface area contributed by atoms with Gasteiger partial charge in [-0.25, -0.2) is 9.97 Å². The molecule has 2 heterocycles. The van der Waals surface area contributed by atoms with Crippen LogP contribution in [0.25, 0.3) is 16.9 Å². The minimum absolute atomic E-state index is 0.0377. The smallest absolute Gasteiger partial charge is 0.269 e. The van der Waals surface area contributed by atoms with E-state index in [4.69, 9.17) is 5.73 Å². The van der Waals surface area contributed by atoms with E-state index in [2.05, 4.69) is 9.97 Å². The number of nitrogen functional groups attached to an aromatic ring is 1. The number of hydrogen-bond donors (Lipinski definition) is 1. The van der Waals surface area contributed by atoms with Crippen molar-refractivity contribution >= 4 is 17.2 Å². The van der Waals surface area contributed by atoms with E-state index in [1.54, 1.807) is 35.0 Å². The van der Waals surface area contributed by atoms with E-state index in [0.29, 0.717) is 11.8 Å². The molecule has 0 saturated heterocycles. The summed E-state index contributed by atoms with van der Waals surface area (Å²) < 4.78 is 1.70. The second-order valence-corrected chi connectivity index (χ2v) is 3.95. The highest BCUT2D eigenvalue weighted by atomic mass is 16.6. The first-order chi connectivity index (χ1) is 9.16. The third kappa shape index (κ3) is 1.77. The van der Waals surface area contributed by atoms with Crippen LogP contribution in [-0.2, 0) is 0 Å². The summed E-state index contributed by atoms with van der Waals surface area (Å²) in [4.78, 5) is 18.5. The van der Waals surface area contributed by atoms with Gasteiger partial charge in [0.1, 0.15) is 5.82 Å². The fourth-order valence-corrected chi connectivity index (χ4v) is 1.91. The van der Waals surface area contributed by atoms with Gasteiger partial charge in [-0.15, -0.1) is 0 Å². The number of rotatable bonds is 2. The standard InChI is InChI=1S/C12H9N5O2/c13-12-14-6-5-10-7-15-11(16(10)12)8-1-3-9(4-2-8)17(18)19/h1-7H,(H2,13,14). The van der Waals surface area contributed by atoms with Gasteiger partial charge in [0.15, 0.2) is 0 Å². The summed E-state index contributed by atoms with van der Waals surface area (Å²) in [6.45, 7) is 0. The Bertz CT molecular complexity index is 763. The van der Waals surface area contributed by atoms with Gasteiger partial charge in [-0.05, 0) is 18.2 Å². The van der Waals surface area contributed by atoms with Crippen LogP contribution in [0, 0.1) is 10.1 Å². The zero-order valence-corrected chi connectivity index (χ0v) is 9.72. The largest absolute Gasteiger partial charge is 0.369 e. The molecule has 0 bridgehead atoms. The summed E-state index contributed by atoms with van der Waals surface area (Å²) in [5, 5.41) is 10.6. The first kappa shape index (κ1) is 11.1. The number of hydrogen-bond acceptors (Lipinski definition) is 5. The van der Waals surface area contributed by atoms with E-state index < -0.39 is 4.92 Å². The lowest BCUT2D eigenvalue weighted by molar-refractivity contribution is -0.384. The molecule has 7 heteroatoms. The first-order valence-electron chi connectivity index (χ1n) is 5.49. The molecule has 0 atom stereocenters. The molecule has 0 radical (unpaired) electrons. The van der Waals surface area contributed by atoms with E-state index in [1.807, 2.05) is 0 Å². The molecular formula is C12H9N5O2. The van der Waals surface area contributed by atoms with Crippen molar-refractivity contribution in [1.82, 2.24) is 14.4 Å². The fourth-order valence-electron chi connectivity index (χ4n) is 1.91. The Morgan fingerprint density at radius 1 is 1.16 bits per heavy atom. The highest BCUT2D eigenvalue weighted by Gasteiger charge is 2.11. The monoisotopic (exact) mass is 255 g/mol. The van der Waals surface area contributed by atoms with E-state index in [-0.39, 0.29) is 5.69 Å². The van der Waals surface area contributed by atoms with E-state index in [9.17, 15) is 10.1 Å². The van der Waals surface area contributed by atoms with Gasteiger partial charge in [0.25, 0.3) is 5.69 Å². The van der Waals surface area contributed by atoms with Crippen molar-refractivity contribution in [3.05, 3.63) is 52.8 Å². The minimum Gasteiger partial charge on any atom is -0.369 e. The Labute approximate surface area is 107 Å². The number of nitro groups is 1. The van der Waals surface area contributed by atoms with Gasteiger partial charge in [0.2, 0.25) is 5.95 Å². The summed E-state index contributed by atoms with van der Waals surface area (Å²) in [6.07, 6.45) is 3.28. The number of nitrogens with zero attached hydrogens (tertiary/aromatic N) is 4. The van der Waals surface area contributed by atoms with Crippen LogP contribution in [0.1, 0.15) is 0 Å². The van der Waals surface area contributed by atoms with Crippen LogP contribution in [0.15, 0.2) is 42.7 Å². The van der Waals surface area contributed by atoms with Crippen molar-refractivity contribution in [2.75, 3.05) is 5.73 Å². The zero-order chi connectivity index (χ0) is 13.4. The summed E-state index contributed by atoms with van der Waals surface area (Å²) in [7, 11) is 0. The Morgan fingerprint density at radius 2 is 1.89 bits per heavy atom. The van der Waals surface area contributed by atoms with Gasteiger partial charge in [0, 0.05) is 23.9 Å². The van der Waals surface area contributed by atoms with Gasteiger partial charge < -0.3 is 5.73 Å². The van der Waals surface area contributed by atoms with E-state index >= 15 is 0 Å². The molecular weight excluding hydrogens is 246 g/mol. The molecule has 0 fully saturated rings. The van der Waals surface area contributed by atoms with Crippen molar-refractivity contribution < 1.29 is 4.92 Å². The maximum atomic E-state index is 10.6. The van der Waals surface area contributed by atoms with Crippen molar-refractivity contribution in [2.45, 2.75) is 0 Å². The topological polar surface area (TPSA) is 99.3 Å². The van der Waals surface area contributed by atoms with Crippen LogP contribution in [0.4, 0.5) is 11.6 Å². The van der Waals surface area contributed by atoms with Gasteiger partial charge >= 0.3 is 0 Å². The molecule has 0 amide bonds. The quantitative estimate of drug-likeness (QED) is 0.556. The predicted octanol–water partition coefficient (Wildman–Crippen LogP) is 1.89. The molecule has 2 N–H and O–H groups in total. The molecule has 0 unspecified atom stereocenters.